The standard InChI is InChI=1S/C28H48O3/c1-17(2)18(3)7-8-19(4)22-9-10-23-21-15-25(30)28(31)16-20(29)11-14-27(28,6)24(21)12-13-26(22,23)5/h17-24,29,31H,7-16H2,1-6H3/t18-,19-,20+,21+,22-,23+,24+,26-,27-,28+/m1/s1. The van der Waals surface area contributed by atoms with Crippen molar-refractivity contribution in [2.24, 2.45) is 52.3 Å². The Balaban J connectivity index is 1.53. The van der Waals surface area contributed by atoms with Crippen molar-refractivity contribution in [3.05, 3.63) is 0 Å². The summed E-state index contributed by atoms with van der Waals surface area (Å²) in [6.45, 7) is 14.3. The van der Waals surface area contributed by atoms with Gasteiger partial charge in [0.2, 0.25) is 0 Å². The van der Waals surface area contributed by atoms with E-state index < -0.39 is 11.7 Å². The minimum atomic E-state index is -1.31. The summed E-state index contributed by atoms with van der Waals surface area (Å²) in [4.78, 5) is 13.3. The predicted octanol–water partition coefficient (Wildman–Crippen LogP) is 6.01. The van der Waals surface area contributed by atoms with Crippen LogP contribution in [0.25, 0.3) is 0 Å². The lowest BCUT2D eigenvalue weighted by Crippen LogP contribution is -2.67. The molecule has 2 N–H and O–H groups in total. The van der Waals surface area contributed by atoms with Gasteiger partial charge in [-0.15, -0.1) is 0 Å². The van der Waals surface area contributed by atoms with Crippen LogP contribution in [0.1, 0.15) is 106 Å². The fraction of sp³-hybridized carbons (Fsp3) is 0.964. The maximum absolute atomic E-state index is 13.3. The lowest BCUT2D eigenvalue weighted by molar-refractivity contribution is -0.213. The van der Waals surface area contributed by atoms with Gasteiger partial charge in [-0.1, -0.05) is 54.4 Å². The summed E-state index contributed by atoms with van der Waals surface area (Å²) in [5, 5.41) is 21.8. The molecule has 31 heavy (non-hydrogen) atoms. The third kappa shape index (κ3) is 3.56. The summed E-state index contributed by atoms with van der Waals surface area (Å²) in [5.41, 5.74) is -1.32. The number of Topliss-reactive ketones (excluding diaryl/α,β-unsaturated/α-hetero) is 1. The van der Waals surface area contributed by atoms with Crippen molar-refractivity contribution in [3.8, 4) is 0 Å². The summed E-state index contributed by atoms with van der Waals surface area (Å²) in [7, 11) is 0. The summed E-state index contributed by atoms with van der Waals surface area (Å²) in [6.07, 6.45) is 9.39. The molecule has 10 atom stereocenters. The zero-order valence-electron chi connectivity index (χ0n) is 21.0. The first-order valence-corrected chi connectivity index (χ1v) is 13.4. The van der Waals surface area contributed by atoms with Crippen LogP contribution in [0.5, 0.6) is 0 Å². The average molecular weight is 433 g/mol. The number of carbonyl (C=O) groups is 1. The van der Waals surface area contributed by atoms with Gasteiger partial charge >= 0.3 is 0 Å². The topological polar surface area (TPSA) is 57.5 Å². The fourth-order valence-electron chi connectivity index (χ4n) is 9.06. The molecule has 0 aromatic rings. The first kappa shape index (κ1) is 23.7. The Morgan fingerprint density at radius 3 is 2.35 bits per heavy atom. The number of aliphatic hydroxyl groups excluding tert-OH is 1. The van der Waals surface area contributed by atoms with Crippen molar-refractivity contribution in [2.45, 2.75) is 117 Å². The Morgan fingerprint density at radius 1 is 0.968 bits per heavy atom. The minimum Gasteiger partial charge on any atom is -0.393 e. The van der Waals surface area contributed by atoms with E-state index in [0.717, 1.165) is 42.9 Å². The third-order valence-electron chi connectivity index (χ3n) is 11.6. The van der Waals surface area contributed by atoms with E-state index in [2.05, 4.69) is 41.5 Å². The van der Waals surface area contributed by atoms with Gasteiger partial charge in [-0.25, -0.2) is 0 Å². The van der Waals surface area contributed by atoms with Gasteiger partial charge in [-0.2, -0.15) is 0 Å². The molecule has 0 aliphatic heterocycles. The highest BCUT2D eigenvalue weighted by molar-refractivity contribution is 5.89. The summed E-state index contributed by atoms with van der Waals surface area (Å²) in [6, 6.07) is 0. The maximum Gasteiger partial charge on any atom is 0.165 e. The van der Waals surface area contributed by atoms with Crippen LogP contribution in [-0.2, 0) is 4.79 Å². The summed E-state index contributed by atoms with van der Waals surface area (Å²) in [5.74, 6) is 4.59. The lowest BCUT2D eigenvalue weighted by Gasteiger charge is -2.63. The van der Waals surface area contributed by atoms with Gasteiger partial charge in [0, 0.05) is 18.3 Å². The molecule has 3 heteroatoms. The van der Waals surface area contributed by atoms with Crippen molar-refractivity contribution in [2.75, 3.05) is 0 Å². The SMILES string of the molecule is CC(C)[C@H](C)CC[C@@H](C)[C@H]1CC[C@H]2[C@@H]3CC(=O)[C@@]4(O)C[C@@H](O)CC[C@]4(C)[C@H]3CC[C@]12C. The summed E-state index contributed by atoms with van der Waals surface area (Å²) >= 11 is 0. The van der Waals surface area contributed by atoms with E-state index >= 15 is 0 Å². The molecule has 0 saturated heterocycles. The van der Waals surface area contributed by atoms with E-state index in [1.54, 1.807) is 0 Å². The Bertz CT molecular complexity index is 688. The van der Waals surface area contributed by atoms with Gasteiger partial charge in [0.15, 0.2) is 5.78 Å². The van der Waals surface area contributed by atoms with Gasteiger partial charge in [0.1, 0.15) is 5.60 Å². The number of carbonyl (C=O) groups excluding carboxylic acids is 1. The third-order valence-corrected chi connectivity index (χ3v) is 11.6. The molecule has 0 unspecified atom stereocenters. The second-order valence-electron chi connectivity index (χ2n) is 13.2. The molecule has 4 fully saturated rings. The molecule has 4 rings (SSSR count). The Hall–Kier alpha value is -0.410. The molecule has 0 aromatic heterocycles. The first-order valence-electron chi connectivity index (χ1n) is 13.4. The number of ketones is 1. The van der Waals surface area contributed by atoms with E-state index in [9.17, 15) is 15.0 Å². The monoisotopic (exact) mass is 432 g/mol. The molecule has 0 bridgehead atoms. The predicted molar refractivity (Wildman–Crippen MR) is 125 cm³/mol. The molecular formula is C28H48O3. The molecule has 0 radical (unpaired) electrons. The zero-order valence-corrected chi connectivity index (χ0v) is 21.0. The van der Waals surface area contributed by atoms with E-state index in [0.29, 0.717) is 29.6 Å². The molecule has 0 amide bonds. The van der Waals surface area contributed by atoms with Crippen LogP contribution in [0.15, 0.2) is 0 Å². The second-order valence-corrected chi connectivity index (χ2v) is 13.2. The number of aliphatic hydroxyl groups is 2. The number of hydrogen-bond acceptors (Lipinski definition) is 3. The van der Waals surface area contributed by atoms with Gasteiger partial charge in [0.25, 0.3) is 0 Å². The Morgan fingerprint density at radius 2 is 1.68 bits per heavy atom. The molecule has 0 aromatic carbocycles. The van der Waals surface area contributed by atoms with Gasteiger partial charge in [0.05, 0.1) is 6.10 Å². The normalized spacial score (nSPS) is 49.3. The van der Waals surface area contributed by atoms with Crippen molar-refractivity contribution in [1.29, 1.82) is 0 Å². The average Bonchev–Trinajstić information content (AvgIpc) is 3.05. The molecular weight excluding hydrogens is 384 g/mol. The van der Waals surface area contributed by atoms with Crippen molar-refractivity contribution < 1.29 is 15.0 Å². The minimum absolute atomic E-state index is 0.0292. The Labute approximate surface area is 190 Å². The summed E-state index contributed by atoms with van der Waals surface area (Å²) < 4.78 is 0. The molecule has 4 saturated carbocycles. The highest BCUT2D eigenvalue weighted by Gasteiger charge is 2.67. The van der Waals surface area contributed by atoms with Crippen LogP contribution < -0.4 is 0 Å². The largest absolute Gasteiger partial charge is 0.393 e. The maximum atomic E-state index is 13.3. The van der Waals surface area contributed by atoms with E-state index in [1.165, 1.54) is 32.1 Å². The number of fused-ring (bicyclic) bond motifs is 5. The molecule has 3 nitrogen and oxygen atoms in total. The molecule has 4 aliphatic carbocycles. The van der Waals surface area contributed by atoms with Gasteiger partial charge in [-0.3, -0.25) is 4.79 Å². The highest BCUT2D eigenvalue weighted by atomic mass is 16.3. The number of hydrogen-bond donors (Lipinski definition) is 2. The van der Waals surface area contributed by atoms with Crippen LogP contribution in [0.2, 0.25) is 0 Å². The Kier molecular flexibility index (Phi) is 6.21. The lowest BCUT2D eigenvalue weighted by atomic mass is 9.42. The zero-order chi connectivity index (χ0) is 22.8. The second kappa shape index (κ2) is 8.12. The molecule has 0 spiro atoms. The van der Waals surface area contributed by atoms with Crippen molar-refractivity contribution in [1.82, 2.24) is 0 Å². The van der Waals surface area contributed by atoms with E-state index in [1.807, 2.05) is 0 Å². The van der Waals surface area contributed by atoms with Crippen LogP contribution in [0.4, 0.5) is 0 Å². The fourth-order valence-corrected chi connectivity index (χ4v) is 9.06. The van der Waals surface area contributed by atoms with E-state index in [4.69, 9.17) is 0 Å². The van der Waals surface area contributed by atoms with Crippen molar-refractivity contribution >= 4 is 5.78 Å². The number of rotatable bonds is 5. The van der Waals surface area contributed by atoms with Crippen molar-refractivity contribution in [3.63, 3.8) is 0 Å². The van der Waals surface area contributed by atoms with Crippen LogP contribution >= 0.6 is 0 Å². The quantitative estimate of drug-likeness (QED) is 0.559. The highest BCUT2D eigenvalue weighted by Crippen LogP contribution is 2.68. The van der Waals surface area contributed by atoms with Crippen LogP contribution in [-0.4, -0.2) is 27.7 Å². The smallest absolute Gasteiger partial charge is 0.165 e. The van der Waals surface area contributed by atoms with Gasteiger partial charge < -0.3 is 10.2 Å². The molecule has 0 heterocycles. The van der Waals surface area contributed by atoms with Crippen LogP contribution in [0.3, 0.4) is 0 Å². The first-order chi connectivity index (χ1) is 14.4. The van der Waals surface area contributed by atoms with Crippen LogP contribution in [0, 0.1) is 52.3 Å². The molecule has 4 aliphatic rings. The van der Waals surface area contributed by atoms with E-state index in [-0.39, 0.29) is 17.6 Å². The van der Waals surface area contributed by atoms with Gasteiger partial charge in [-0.05, 0) is 85.4 Å². The molecule has 178 valence electrons.